The summed E-state index contributed by atoms with van der Waals surface area (Å²) in [6, 6.07) is 2.75. The Balaban J connectivity index is 2.41. The highest BCUT2D eigenvalue weighted by Crippen LogP contribution is 2.33. The third kappa shape index (κ3) is 3.32. The average molecular weight is 343 g/mol. The summed E-state index contributed by atoms with van der Waals surface area (Å²) in [6.45, 7) is 0. The summed E-state index contributed by atoms with van der Waals surface area (Å²) in [5.41, 5.74) is 0.374. The summed E-state index contributed by atoms with van der Waals surface area (Å²) in [4.78, 5) is 19.3. The lowest BCUT2D eigenvalue weighted by molar-refractivity contribution is 0.0696. The highest BCUT2D eigenvalue weighted by atomic mass is 35.5. The average Bonchev–Trinajstić information content (AvgIpc) is 2.49. The fourth-order valence-electron chi connectivity index (χ4n) is 1.71. The molecular weight excluding hydrogens is 331 g/mol. The molecular formula is C13H12Cl2N4O3. The van der Waals surface area contributed by atoms with Gasteiger partial charge in [0, 0.05) is 7.05 Å². The quantitative estimate of drug-likeness (QED) is 0.767. The zero-order chi connectivity index (χ0) is 16.3. The number of aromatic carboxylic acids is 1. The number of nitrogens with one attached hydrogen (secondary N) is 2. The molecule has 2 aromatic rings. The molecule has 116 valence electrons. The van der Waals surface area contributed by atoms with Gasteiger partial charge >= 0.3 is 5.97 Å². The minimum absolute atomic E-state index is 0.0583. The number of aromatic nitrogens is 2. The van der Waals surface area contributed by atoms with Crippen LogP contribution in [0.3, 0.4) is 0 Å². The summed E-state index contributed by atoms with van der Waals surface area (Å²) >= 11 is 11.9. The number of anilines is 3. The number of carboxylic acid groups (broad SMARTS) is 1. The van der Waals surface area contributed by atoms with Gasteiger partial charge in [-0.1, -0.05) is 23.2 Å². The molecule has 0 radical (unpaired) electrons. The minimum Gasteiger partial charge on any atom is -0.495 e. The van der Waals surface area contributed by atoms with Crippen LogP contribution in [0.1, 0.15) is 10.4 Å². The van der Waals surface area contributed by atoms with Crippen molar-refractivity contribution in [2.75, 3.05) is 24.8 Å². The molecule has 0 fully saturated rings. The Hall–Kier alpha value is -2.25. The van der Waals surface area contributed by atoms with Crippen molar-refractivity contribution in [2.45, 2.75) is 0 Å². The van der Waals surface area contributed by atoms with Gasteiger partial charge in [-0.2, -0.15) is 4.98 Å². The lowest BCUT2D eigenvalue weighted by Gasteiger charge is -2.13. The number of benzene rings is 1. The molecule has 0 aliphatic rings. The van der Waals surface area contributed by atoms with Crippen LogP contribution in [0.25, 0.3) is 0 Å². The van der Waals surface area contributed by atoms with Crippen molar-refractivity contribution >= 4 is 46.6 Å². The van der Waals surface area contributed by atoms with Gasteiger partial charge in [0.05, 0.1) is 29.6 Å². The van der Waals surface area contributed by atoms with Crippen molar-refractivity contribution < 1.29 is 14.6 Å². The Labute approximate surface area is 136 Å². The van der Waals surface area contributed by atoms with Crippen molar-refractivity contribution in [2.24, 2.45) is 0 Å². The predicted molar refractivity (Wildman–Crippen MR) is 84.8 cm³/mol. The fourth-order valence-corrected chi connectivity index (χ4v) is 2.14. The van der Waals surface area contributed by atoms with Gasteiger partial charge in [-0.25, -0.2) is 9.78 Å². The standard InChI is InChI=1S/C13H12Cl2N4O3/c1-16-11-8(15)5-17-13(19-11)18-9-4-7(14)6(12(20)21)3-10(9)22-2/h3-5H,1-2H3,(H,20,21)(H2,16,17,18,19). The maximum absolute atomic E-state index is 11.1. The molecule has 22 heavy (non-hydrogen) atoms. The largest absolute Gasteiger partial charge is 0.495 e. The van der Waals surface area contributed by atoms with Crippen molar-refractivity contribution in [3.05, 3.63) is 33.9 Å². The van der Waals surface area contributed by atoms with E-state index >= 15 is 0 Å². The van der Waals surface area contributed by atoms with Crippen LogP contribution in [0.4, 0.5) is 17.5 Å². The number of halogens is 2. The van der Waals surface area contributed by atoms with E-state index in [2.05, 4.69) is 20.6 Å². The van der Waals surface area contributed by atoms with Gasteiger partial charge in [-0.3, -0.25) is 0 Å². The molecule has 1 aromatic heterocycles. The van der Waals surface area contributed by atoms with E-state index in [1.807, 2.05) is 0 Å². The highest BCUT2D eigenvalue weighted by molar-refractivity contribution is 6.34. The number of hydrogen-bond acceptors (Lipinski definition) is 6. The zero-order valence-corrected chi connectivity index (χ0v) is 13.2. The van der Waals surface area contributed by atoms with Crippen LogP contribution >= 0.6 is 23.2 Å². The van der Waals surface area contributed by atoms with E-state index in [-0.39, 0.29) is 16.5 Å². The van der Waals surface area contributed by atoms with Gasteiger partial charge in [0.1, 0.15) is 16.6 Å². The molecule has 0 atom stereocenters. The Kier molecular flexibility index (Phi) is 4.89. The number of carbonyl (C=O) groups is 1. The third-order valence-corrected chi connectivity index (χ3v) is 3.34. The van der Waals surface area contributed by atoms with E-state index < -0.39 is 5.97 Å². The molecule has 3 N–H and O–H groups in total. The molecule has 7 nitrogen and oxygen atoms in total. The molecule has 1 aromatic carbocycles. The van der Waals surface area contributed by atoms with Crippen molar-refractivity contribution in [3.8, 4) is 5.75 Å². The Morgan fingerprint density at radius 3 is 2.64 bits per heavy atom. The molecule has 1 heterocycles. The van der Waals surface area contributed by atoms with E-state index in [4.69, 9.17) is 33.0 Å². The van der Waals surface area contributed by atoms with E-state index in [1.54, 1.807) is 7.05 Å². The Bertz CT molecular complexity index is 725. The lowest BCUT2D eigenvalue weighted by Crippen LogP contribution is -2.04. The molecule has 0 aliphatic heterocycles. The van der Waals surface area contributed by atoms with Crippen molar-refractivity contribution in [1.82, 2.24) is 9.97 Å². The molecule has 0 aliphatic carbocycles. The minimum atomic E-state index is -1.14. The number of hydrogen-bond donors (Lipinski definition) is 3. The second-order valence-electron chi connectivity index (χ2n) is 4.10. The smallest absolute Gasteiger partial charge is 0.337 e. The number of rotatable bonds is 5. The van der Waals surface area contributed by atoms with E-state index in [9.17, 15) is 4.79 Å². The Morgan fingerprint density at radius 2 is 2.05 bits per heavy atom. The molecule has 0 saturated carbocycles. The molecule has 0 saturated heterocycles. The summed E-state index contributed by atoms with van der Waals surface area (Å²) in [5, 5.41) is 15.2. The van der Waals surface area contributed by atoms with Crippen LogP contribution in [0.15, 0.2) is 18.3 Å². The van der Waals surface area contributed by atoms with E-state index in [1.165, 1.54) is 25.4 Å². The van der Waals surface area contributed by atoms with Crippen molar-refractivity contribution in [3.63, 3.8) is 0 Å². The highest BCUT2D eigenvalue weighted by Gasteiger charge is 2.15. The van der Waals surface area contributed by atoms with Gasteiger partial charge < -0.3 is 20.5 Å². The van der Waals surface area contributed by atoms with Crippen LogP contribution in [0.5, 0.6) is 5.75 Å². The molecule has 0 spiro atoms. The van der Waals surface area contributed by atoms with Crippen LogP contribution in [0, 0.1) is 0 Å². The monoisotopic (exact) mass is 342 g/mol. The molecule has 0 amide bonds. The second-order valence-corrected chi connectivity index (χ2v) is 4.92. The van der Waals surface area contributed by atoms with Gasteiger partial charge in [-0.05, 0) is 12.1 Å². The molecule has 9 heteroatoms. The summed E-state index contributed by atoms with van der Waals surface area (Å²) in [7, 11) is 3.10. The predicted octanol–water partition coefficient (Wildman–Crippen LogP) is 3.28. The lowest BCUT2D eigenvalue weighted by atomic mass is 10.2. The maximum Gasteiger partial charge on any atom is 0.337 e. The summed E-state index contributed by atoms with van der Waals surface area (Å²) in [5.74, 6) is -0.140. The Morgan fingerprint density at radius 1 is 1.32 bits per heavy atom. The first kappa shape index (κ1) is 16.1. The van der Waals surface area contributed by atoms with Crippen molar-refractivity contribution in [1.29, 1.82) is 0 Å². The number of carboxylic acids is 1. The number of nitrogens with zero attached hydrogens (tertiary/aromatic N) is 2. The molecule has 2 rings (SSSR count). The molecule has 0 bridgehead atoms. The zero-order valence-electron chi connectivity index (χ0n) is 11.6. The van der Waals surface area contributed by atoms with Crippen LogP contribution in [0.2, 0.25) is 10.0 Å². The first-order valence-corrected chi connectivity index (χ1v) is 6.80. The third-order valence-electron chi connectivity index (χ3n) is 2.75. The van der Waals surface area contributed by atoms with E-state index in [0.29, 0.717) is 22.3 Å². The van der Waals surface area contributed by atoms with Gasteiger partial charge in [0.25, 0.3) is 0 Å². The van der Waals surface area contributed by atoms with Gasteiger partial charge in [0.15, 0.2) is 0 Å². The fraction of sp³-hybridized carbons (Fsp3) is 0.154. The molecule has 0 unspecified atom stereocenters. The van der Waals surface area contributed by atoms with Crippen LogP contribution in [-0.4, -0.2) is 35.2 Å². The SMILES string of the molecule is CNc1nc(Nc2cc(Cl)c(C(=O)O)cc2OC)ncc1Cl. The first-order valence-electron chi connectivity index (χ1n) is 6.04. The first-order chi connectivity index (χ1) is 10.5. The van der Waals surface area contributed by atoms with E-state index in [0.717, 1.165) is 0 Å². The topological polar surface area (TPSA) is 96.4 Å². The number of methoxy groups -OCH3 is 1. The normalized spacial score (nSPS) is 10.2. The number of ether oxygens (including phenoxy) is 1. The van der Waals surface area contributed by atoms with Crippen LogP contribution in [-0.2, 0) is 0 Å². The van der Waals surface area contributed by atoms with Gasteiger partial charge in [-0.15, -0.1) is 0 Å². The maximum atomic E-state index is 11.1. The van der Waals surface area contributed by atoms with Crippen LogP contribution < -0.4 is 15.4 Å². The van der Waals surface area contributed by atoms with Gasteiger partial charge in [0.2, 0.25) is 5.95 Å². The summed E-state index contributed by atoms with van der Waals surface area (Å²) in [6.07, 6.45) is 1.43. The second kappa shape index (κ2) is 6.67. The summed E-state index contributed by atoms with van der Waals surface area (Å²) < 4.78 is 5.16.